The molecule has 0 amide bonds. The molecule has 2 heterocycles. The molecule has 2 aromatic rings. The first-order chi connectivity index (χ1) is 12.2. The van der Waals surface area contributed by atoms with Crippen molar-refractivity contribution < 1.29 is 14.3 Å². The Bertz CT molecular complexity index is 859. The molecule has 0 saturated carbocycles. The summed E-state index contributed by atoms with van der Waals surface area (Å²) in [6.07, 6.45) is 5.94. The van der Waals surface area contributed by atoms with E-state index in [0.29, 0.717) is 17.9 Å². The normalized spacial score (nSPS) is 19.0. The molecule has 0 radical (unpaired) electrons. The zero-order valence-corrected chi connectivity index (χ0v) is 14.3. The first kappa shape index (κ1) is 15.7. The molecule has 1 aromatic heterocycles. The summed E-state index contributed by atoms with van der Waals surface area (Å²) in [6.45, 7) is 0. The number of allylic oxidation sites excluding steroid dienone is 2. The van der Waals surface area contributed by atoms with E-state index in [0.717, 1.165) is 40.9 Å². The van der Waals surface area contributed by atoms with Crippen molar-refractivity contribution in [1.29, 1.82) is 0 Å². The minimum absolute atomic E-state index is 0.132. The molecule has 5 nitrogen and oxygen atoms in total. The van der Waals surface area contributed by atoms with Crippen LogP contribution < -0.4 is 14.8 Å². The van der Waals surface area contributed by atoms with Crippen molar-refractivity contribution in [3.8, 4) is 11.5 Å². The predicted octanol–water partition coefficient (Wildman–Crippen LogP) is 3.66. The molecule has 1 atom stereocenters. The number of nitrogens with one attached hydrogen (secondary N) is 1. The molecular weight excluding hydrogens is 316 g/mol. The molecule has 1 aliphatic heterocycles. The Hall–Kier alpha value is -2.82. The average Bonchev–Trinajstić information content (AvgIpc) is 2.66. The lowest BCUT2D eigenvalue weighted by Gasteiger charge is -2.34. The summed E-state index contributed by atoms with van der Waals surface area (Å²) in [5.74, 6) is 1.41. The van der Waals surface area contributed by atoms with Gasteiger partial charge in [-0.25, -0.2) is 0 Å². The van der Waals surface area contributed by atoms with Gasteiger partial charge in [-0.05, 0) is 36.1 Å². The third-order valence-corrected chi connectivity index (χ3v) is 4.91. The summed E-state index contributed by atoms with van der Waals surface area (Å²) in [5, 5.41) is 3.46. The van der Waals surface area contributed by atoms with E-state index in [4.69, 9.17) is 9.47 Å². The molecule has 1 N–H and O–H groups in total. The predicted molar refractivity (Wildman–Crippen MR) is 95.1 cm³/mol. The van der Waals surface area contributed by atoms with E-state index < -0.39 is 0 Å². The quantitative estimate of drug-likeness (QED) is 0.927. The summed E-state index contributed by atoms with van der Waals surface area (Å²) in [7, 11) is 3.25. The van der Waals surface area contributed by atoms with Gasteiger partial charge in [0.15, 0.2) is 17.3 Å². The maximum absolute atomic E-state index is 12.7. The van der Waals surface area contributed by atoms with Crippen LogP contribution in [0.4, 0.5) is 5.69 Å². The highest BCUT2D eigenvalue weighted by molar-refractivity contribution is 6.01. The summed E-state index contributed by atoms with van der Waals surface area (Å²) in [6, 6.07) is 7.84. The zero-order chi connectivity index (χ0) is 17.4. The molecule has 128 valence electrons. The van der Waals surface area contributed by atoms with Gasteiger partial charge in [-0.1, -0.05) is 6.07 Å². The Labute approximate surface area is 146 Å². The first-order valence-corrected chi connectivity index (χ1v) is 8.42. The van der Waals surface area contributed by atoms with Crippen LogP contribution in [0.1, 0.15) is 36.3 Å². The number of anilines is 1. The number of fused-ring (bicyclic) bond motifs is 1. The Morgan fingerprint density at radius 1 is 1.16 bits per heavy atom. The van der Waals surface area contributed by atoms with Crippen molar-refractivity contribution in [3.63, 3.8) is 0 Å². The van der Waals surface area contributed by atoms with Gasteiger partial charge in [0.05, 0.1) is 14.2 Å². The minimum Gasteiger partial charge on any atom is -0.493 e. The number of benzene rings is 1. The number of rotatable bonds is 3. The number of carbonyl (C=O) groups is 1. The lowest BCUT2D eigenvalue weighted by molar-refractivity contribution is -0.116. The van der Waals surface area contributed by atoms with Crippen molar-refractivity contribution in [1.82, 2.24) is 4.98 Å². The molecule has 2 aliphatic rings. The first-order valence-electron chi connectivity index (χ1n) is 8.42. The Morgan fingerprint density at radius 2 is 1.96 bits per heavy atom. The fourth-order valence-corrected chi connectivity index (χ4v) is 3.78. The van der Waals surface area contributed by atoms with E-state index >= 15 is 0 Å². The number of aromatic nitrogens is 1. The number of hydrogen-bond donors (Lipinski definition) is 1. The van der Waals surface area contributed by atoms with E-state index in [2.05, 4.69) is 10.3 Å². The molecule has 25 heavy (non-hydrogen) atoms. The third kappa shape index (κ3) is 2.56. The number of ketones is 1. The molecule has 1 aliphatic carbocycles. The fraction of sp³-hybridized carbons (Fsp3) is 0.300. The maximum atomic E-state index is 12.7. The number of hydrogen-bond acceptors (Lipinski definition) is 5. The van der Waals surface area contributed by atoms with Crippen LogP contribution in [0, 0.1) is 0 Å². The number of ether oxygens (including phenoxy) is 2. The number of pyridine rings is 1. The summed E-state index contributed by atoms with van der Waals surface area (Å²) in [4.78, 5) is 17.0. The van der Waals surface area contributed by atoms with Gasteiger partial charge in [0, 0.05) is 47.8 Å². The van der Waals surface area contributed by atoms with Crippen molar-refractivity contribution >= 4 is 11.5 Å². The Kier molecular flexibility index (Phi) is 3.92. The van der Waals surface area contributed by atoms with E-state index in [9.17, 15) is 4.79 Å². The van der Waals surface area contributed by atoms with Gasteiger partial charge in [-0.3, -0.25) is 9.78 Å². The van der Waals surface area contributed by atoms with E-state index in [-0.39, 0.29) is 11.7 Å². The number of carbonyl (C=O) groups excluding carboxylic acids is 1. The largest absolute Gasteiger partial charge is 0.493 e. The SMILES string of the molecule is COc1cc2c(cc1OC)[C@H](c1cccnc1)C1=C(CCCC1=O)N2. The summed E-state index contributed by atoms with van der Waals surface area (Å²) in [5.41, 5.74) is 4.86. The van der Waals surface area contributed by atoms with Crippen molar-refractivity contribution in [3.05, 3.63) is 59.1 Å². The van der Waals surface area contributed by atoms with Crippen molar-refractivity contribution in [2.24, 2.45) is 0 Å². The van der Waals surface area contributed by atoms with E-state index in [1.54, 1.807) is 20.4 Å². The zero-order valence-electron chi connectivity index (χ0n) is 14.3. The summed E-state index contributed by atoms with van der Waals surface area (Å²) >= 11 is 0. The smallest absolute Gasteiger partial charge is 0.162 e. The van der Waals surface area contributed by atoms with Gasteiger partial charge in [-0.2, -0.15) is 0 Å². The topological polar surface area (TPSA) is 60.5 Å². The summed E-state index contributed by atoms with van der Waals surface area (Å²) < 4.78 is 10.9. The molecule has 0 spiro atoms. The Morgan fingerprint density at radius 3 is 2.68 bits per heavy atom. The van der Waals surface area contributed by atoms with Crippen LogP contribution in [0.3, 0.4) is 0 Å². The number of Topliss-reactive ketones (excluding diaryl/α,β-unsaturated/α-hetero) is 1. The van der Waals surface area contributed by atoms with Gasteiger partial charge in [0.1, 0.15) is 0 Å². The molecule has 5 heteroatoms. The lowest BCUT2D eigenvalue weighted by atomic mass is 9.76. The second kappa shape index (κ2) is 6.24. The van der Waals surface area contributed by atoms with Crippen LogP contribution in [0.2, 0.25) is 0 Å². The van der Waals surface area contributed by atoms with Crippen LogP contribution in [0.15, 0.2) is 47.9 Å². The lowest BCUT2D eigenvalue weighted by Crippen LogP contribution is -2.27. The average molecular weight is 336 g/mol. The number of methoxy groups -OCH3 is 2. The molecule has 0 unspecified atom stereocenters. The molecule has 0 fully saturated rings. The van der Waals surface area contributed by atoms with Crippen LogP contribution in [-0.2, 0) is 4.79 Å². The van der Waals surface area contributed by atoms with E-state index in [1.165, 1.54) is 0 Å². The highest BCUT2D eigenvalue weighted by atomic mass is 16.5. The van der Waals surface area contributed by atoms with Gasteiger partial charge >= 0.3 is 0 Å². The molecule has 0 bridgehead atoms. The second-order valence-electron chi connectivity index (χ2n) is 6.31. The van der Waals surface area contributed by atoms with Crippen molar-refractivity contribution in [2.75, 3.05) is 19.5 Å². The third-order valence-electron chi connectivity index (χ3n) is 4.91. The maximum Gasteiger partial charge on any atom is 0.162 e. The monoisotopic (exact) mass is 336 g/mol. The van der Waals surface area contributed by atoms with Crippen LogP contribution >= 0.6 is 0 Å². The van der Waals surface area contributed by atoms with Gasteiger partial charge in [0.2, 0.25) is 0 Å². The number of nitrogens with zero attached hydrogens (tertiary/aromatic N) is 1. The van der Waals surface area contributed by atoms with Crippen LogP contribution in [-0.4, -0.2) is 25.0 Å². The van der Waals surface area contributed by atoms with Crippen molar-refractivity contribution in [2.45, 2.75) is 25.2 Å². The van der Waals surface area contributed by atoms with Gasteiger partial charge in [-0.15, -0.1) is 0 Å². The highest BCUT2D eigenvalue weighted by Crippen LogP contribution is 2.48. The highest BCUT2D eigenvalue weighted by Gasteiger charge is 2.36. The molecular formula is C20H20N2O3. The fourth-order valence-electron chi connectivity index (χ4n) is 3.78. The minimum atomic E-state index is -0.132. The molecule has 0 saturated heterocycles. The van der Waals surface area contributed by atoms with Gasteiger partial charge < -0.3 is 14.8 Å². The molecule has 1 aromatic carbocycles. The van der Waals surface area contributed by atoms with Gasteiger partial charge in [0.25, 0.3) is 0 Å². The van der Waals surface area contributed by atoms with Crippen LogP contribution in [0.25, 0.3) is 0 Å². The second-order valence-corrected chi connectivity index (χ2v) is 6.31. The standard InChI is InChI=1S/C20H20N2O3/c1-24-17-9-13-15(10-18(17)25-2)22-14-6-3-7-16(23)20(14)19(13)12-5-4-8-21-11-12/h4-5,8-11,19,22H,3,6-7H2,1-2H3/t19-/m0/s1. The van der Waals surface area contributed by atoms with E-state index in [1.807, 2.05) is 30.5 Å². The molecule has 4 rings (SSSR count). The Balaban J connectivity index is 1.95. The van der Waals surface area contributed by atoms with Crippen LogP contribution in [0.5, 0.6) is 11.5 Å².